The largest absolute Gasteiger partial charge is 0.324 e. The van der Waals surface area contributed by atoms with Crippen LogP contribution >= 0.6 is 0 Å². The maximum atomic E-state index is 14.5. The van der Waals surface area contributed by atoms with Crippen molar-refractivity contribution in [3.8, 4) is 5.82 Å². The Morgan fingerprint density at radius 2 is 2.13 bits per heavy atom. The molecular weight excluding hydrogens is 397 g/mol. The Morgan fingerprint density at radius 1 is 1.26 bits per heavy atom. The lowest BCUT2D eigenvalue weighted by Crippen LogP contribution is -2.24. The van der Waals surface area contributed by atoms with Gasteiger partial charge in [0.1, 0.15) is 11.2 Å². The highest BCUT2D eigenvalue weighted by atomic mass is 19.1. The number of hydrogen-bond donors (Lipinski definition) is 2. The van der Waals surface area contributed by atoms with Gasteiger partial charge >= 0.3 is 0 Å². The summed E-state index contributed by atoms with van der Waals surface area (Å²) in [4.78, 5) is 26.3. The van der Waals surface area contributed by atoms with E-state index in [1.165, 1.54) is 12.3 Å². The minimum atomic E-state index is -0.236. The van der Waals surface area contributed by atoms with Gasteiger partial charge < -0.3 is 10.6 Å². The van der Waals surface area contributed by atoms with E-state index in [4.69, 9.17) is 0 Å². The summed E-state index contributed by atoms with van der Waals surface area (Å²) in [5, 5.41) is 6.74. The molecule has 0 aliphatic carbocycles. The van der Waals surface area contributed by atoms with Gasteiger partial charge in [-0.2, -0.15) is 4.98 Å². The first kappa shape index (κ1) is 19.4. The van der Waals surface area contributed by atoms with E-state index in [2.05, 4.69) is 25.6 Å². The lowest BCUT2D eigenvalue weighted by Gasteiger charge is -2.19. The first-order valence-electron chi connectivity index (χ1n) is 10.3. The number of hydrogen-bond acceptors (Lipinski definition) is 6. The molecule has 0 fully saturated rings. The van der Waals surface area contributed by atoms with Gasteiger partial charge in [-0.05, 0) is 62.2 Å². The van der Waals surface area contributed by atoms with Gasteiger partial charge in [0, 0.05) is 30.7 Å². The number of pyridine rings is 1. The Morgan fingerprint density at radius 3 is 2.94 bits per heavy atom. The first-order chi connectivity index (χ1) is 15.0. The van der Waals surface area contributed by atoms with Gasteiger partial charge in [-0.3, -0.25) is 4.79 Å². The summed E-state index contributed by atoms with van der Waals surface area (Å²) in [5.74, 6) is 0.648. The highest BCUT2D eigenvalue weighted by Gasteiger charge is 2.18. The van der Waals surface area contributed by atoms with Gasteiger partial charge in [0.15, 0.2) is 11.5 Å². The highest BCUT2D eigenvalue weighted by Crippen LogP contribution is 2.25. The third-order valence-electron chi connectivity index (χ3n) is 5.48. The van der Waals surface area contributed by atoms with E-state index in [1.54, 1.807) is 9.36 Å². The number of aryl methyl sites for hydroxylation is 1. The van der Waals surface area contributed by atoms with Crippen LogP contribution in [-0.4, -0.2) is 30.9 Å². The van der Waals surface area contributed by atoms with Crippen molar-refractivity contribution >= 4 is 22.7 Å². The van der Waals surface area contributed by atoms with Crippen LogP contribution in [0.3, 0.4) is 0 Å². The Balaban J connectivity index is 1.61. The number of aromatic nitrogens is 5. The van der Waals surface area contributed by atoms with Crippen LogP contribution in [0, 0.1) is 12.7 Å². The maximum absolute atomic E-state index is 14.5. The van der Waals surface area contributed by atoms with Crippen LogP contribution in [0.25, 0.3) is 16.9 Å². The minimum Gasteiger partial charge on any atom is -0.324 e. The lowest BCUT2D eigenvalue weighted by molar-refractivity contribution is 0.567. The molecule has 0 bridgehead atoms. The van der Waals surface area contributed by atoms with Crippen molar-refractivity contribution in [1.29, 1.82) is 0 Å². The number of nitrogens with zero attached hydrogens (tertiary/aromatic N) is 5. The average molecular weight is 419 g/mol. The second-order valence-electron chi connectivity index (χ2n) is 7.55. The van der Waals surface area contributed by atoms with Gasteiger partial charge in [-0.1, -0.05) is 6.07 Å². The topological polar surface area (TPSA) is 89.7 Å². The third-order valence-corrected chi connectivity index (χ3v) is 5.48. The number of anilines is 2. The molecule has 1 aliphatic rings. The van der Waals surface area contributed by atoms with Crippen LogP contribution in [0.1, 0.15) is 23.7 Å². The summed E-state index contributed by atoms with van der Waals surface area (Å²) in [5.41, 5.74) is 3.34. The molecule has 0 amide bonds. The van der Waals surface area contributed by atoms with Crippen LogP contribution in [-0.2, 0) is 19.5 Å². The molecule has 9 heteroatoms. The zero-order valence-electron chi connectivity index (χ0n) is 17.3. The van der Waals surface area contributed by atoms with E-state index >= 15 is 0 Å². The van der Waals surface area contributed by atoms with Crippen molar-refractivity contribution in [3.63, 3.8) is 0 Å². The fraction of sp³-hybridized carbons (Fsp3) is 0.273. The van der Waals surface area contributed by atoms with Crippen molar-refractivity contribution in [2.45, 2.75) is 33.4 Å². The fourth-order valence-corrected chi connectivity index (χ4v) is 4.02. The quantitative estimate of drug-likeness (QED) is 0.529. The van der Waals surface area contributed by atoms with Crippen LogP contribution in [0.4, 0.5) is 16.0 Å². The second kappa shape index (κ2) is 7.59. The van der Waals surface area contributed by atoms with Crippen molar-refractivity contribution < 1.29 is 4.39 Å². The van der Waals surface area contributed by atoms with Crippen molar-refractivity contribution in [2.75, 3.05) is 11.9 Å². The summed E-state index contributed by atoms with van der Waals surface area (Å²) in [6.07, 6.45) is 2.17. The van der Waals surface area contributed by atoms with E-state index in [0.29, 0.717) is 42.0 Å². The minimum absolute atomic E-state index is 0.182. The molecule has 2 N–H and O–H groups in total. The van der Waals surface area contributed by atoms with E-state index in [1.807, 2.05) is 38.1 Å². The number of rotatable bonds is 4. The molecule has 0 saturated heterocycles. The van der Waals surface area contributed by atoms with E-state index in [0.717, 1.165) is 23.4 Å². The molecule has 1 aromatic carbocycles. The summed E-state index contributed by atoms with van der Waals surface area (Å²) in [7, 11) is 0. The number of halogens is 1. The molecule has 0 radical (unpaired) electrons. The molecule has 3 aromatic heterocycles. The van der Waals surface area contributed by atoms with E-state index in [9.17, 15) is 9.18 Å². The number of benzene rings is 1. The SMILES string of the molecule is CCn1c(=O)c2cnc(Nc3cc(F)c4c(c3)CNCC4)nc2n1-c1cccc(C)n1. The van der Waals surface area contributed by atoms with Crippen LogP contribution in [0.5, 0.6) is 0 Å². The number of fused-ring (bicyclic) bond motifs is 2. The smallest absolute Gasteiger partial charge is 0.278 e. The van der Waals surface area contributed by atoms with Crippen molar-refractivity contribution in [3.05, 3.63) is 69.5 Å². The van der Waals surface area contributed by atoms with Gasteiger partial charge in [0.05, 0.1) is 0 Å². The maximum Gasteiger partial charge on any atom is 0.278 e. The molecule has 0 saturated carbocycles. The number of nitrogens with one attached hydrogen (secondary N) is 2. The molecule has 0 spiro atoms. The molecule has 158 valence electrons. The summed E-state index contributed by atoms with van der Waals surface area (Å²) in [6, 6.07) is 8.98. The molecular formula is C22H22FN7O. The van der Waals surface area contributed by atoms with Gasteiger partial charge in [-0.15, -0.1) is 0 Å². The predicted molar refractivity (Wildman–Crippen MR) is 116 cm³/mol. The predicted octanol–water partition coefficient (Wildman–Crippen LogP) is 2.83. The summed E-state index contributed by atoms with van der Waals surface area (Å²) >= 11 is 0. The normalized spacial score (nSPS) is 13.4. The Bertz CT molecular complexity index is 1360. The van der Waals surface area contributed by atoms with Gasteiger partial charge in [0.25, 0.3) is 5.56 Å². The second-order valence-corrected chi connectivity index (χ2v) is 7.55. The van der Waals surface area contributed by atoms with Gasteiger partial charge in [0.2, 0.25) is 5.95 Å². The first-order valence-corrected chi connectivity index (χ1v) is 10.3. The van der Waals surface area contributed by atoms with Crippen molar-refractivity contribution in [1.82, 2.24) is 29.6 Å². The van der Waals surface area contributed by atoms with E-state index < -0.39 is 0 Å². The summed E-state index contributed by atoms with van der Waals surface area (Å²) in [6.45, 7) is 5.64. The standard InChI is InChI=1S/C22H22FN7O/c1-3-29-21(31)17-12-25-22(28-20(17)30(29)19-6-4-5-13(2)26-19)27-15-9-14-11-24-8-7-16(14)18(23)10-15/h4-6,9-10,12,24H,3,7-8,11H2,1-2H3,(H,25,27,28). The van der Waals surface area contributed by atoms with Crippen LogP contribution < -0.4 is 16.2 Å². The summed E-state index contributed by atoms with van der Waals surface area (Å²) < 4.78 is 17.8. The molecule has 8 nitrogen and oxygen atoms in total. The highest BCUT2D eigenvalue weighted by molar-refractivity contribution is 5.77. The van der Waals surface area contributed by atoms with E-state index in [-0.39, 0.29) is 17.3 Å². The Labute approximate surface area is 177 Å². The third kappa shape index (κ3) is 3.36. The van der Waals surface area contributed by atoms with Gasteiger partial charge in [-0.25, -0.2) is 23.7 Å². The molecule has 31 heavy (non-hydrogen) atoms. The Kier molecular flexibility index (Phi) is 4.74. The fourth-order valence-electron chi connectivity index (χ4n) is 4.02. The molecule has 4 heterocycles. The molecule has 0 atom stereocenters. The molecule has 1 aliphatic heterocycles. The lowest BCUT2D eigenvalue weighted by atomic mass is 10.00. The molecule has 0 unspecified atom stereocenters. The van der Waals surface area contributed by atoms with Crippen LogP contribution in [0.15, 0.2) is 41.3 Å². The average Bonchev–Trinajstić information content (AvgIpc) is 3.05. The van der Waals surface area contributed by atoms with Crippen molar-refractivity contribution in [2.24, 2.45) is 0 Å². The zero-order valence-corrected chi connectivity index (χ0v) is 17.3. The molecule has 5 rings (SSSR count). The zero-order chi connectivity index (χ0) is 21.5. The monoisotopic (exact) mass is 419 g/mol. The Hall–Kier alpha value is -3.59. The molecule has 4 aromatic rings. The van der Waals surface area contributed by atoms with Crippen LogP contribution in [0.2, 0.25) is 0 Å².